The van der Waals surface area contributed by atoms with Gasteiger partial charge in [0.05, 0.1) is 0 Å². The summed E-state index contributed by atoms with van der Waals surface area (Å²) in [6, 6.07) is 0. The molecule has 2 fully saturated rings. The van der Waals surface area contributed by atoms with Gasteiger partial charge in [-0.2, -0.15) is 0 Å². The van der Waals surface area contributed by atoms with Crippen LogP contribution in [0.2, 0.25) is 0 Å². The molecule has 0 saturated carbocycles. The van der Waals surface area contributed by atoms with Crippen LogP contribution in [0.25, 0.3) is 0 Å². The Morgan fingerprint density at radius 3 is 2.56 bits per heavy atom. The molecular weight excluding hydrogens is 220 g/mol. The predicted octanol–water partition coefficient (Wildman–Crippen LogP) is 2.85. The van der Waals surface area contributed by atoms with Crippen molar-refractivity contribution in [1.29, 1.82) is 0 Å². The van der Waals surface area contributed by atoms with Gasteiger partial charge < -0.3 is 10.2 Å². The van der Waals surface area contributed by atoms with Gasteiger partial charge in [-0.1, -0.05) is 20.8 Å². The van der Waals surface area contributed by atoms with E-state index in [1.807, 2.05) is 0 Å². The van der Waals surface area contributed by atoms with Gasteiger partial charge >= 0.3 is 0 Å². The van der Waals surface area contributed by atoms with Gasteiger partial charge in [-0.15, -0.1) is 0 Å². The first kappa shape index (κ1) is 14.3. The molecule has 2 saturated heterocycles. The lowest BCUT2D eigenvalue weighted by Crippen LogP contribution is -2.21. The van der Waals surface area contributed by atoms with E-state index in [9.17, 15) is 0 Å². The average Bonchev–Trinajstić information content (AvgIpc) is 2.88. The van der Waals surface area contributed by atoms with Gasteiger partial charge in [-0.25, -0.2) is 0 Å². The summed E-state index contributed by atoms with van der Waals surface area (Å²) in [4.78, 5) is 2.54. The fraction of sp³-hybridized carbons (Fsp3) is 1.00. The molecule has 0 bridgehead atoms. The van der Waals surface area contributed by atoms with Crippen molar-refractivity contribution < 1.29 is 0 Å². The second kappa shape index (κ2) is 6.38. The first-order valence-corrected chi connectivity index (χ1v) is 7.95. The van der Waals surface area contributed by atoms with Crippen molar-refractivity contribution in [1.82, 2.24) is 10.2 Å². The standard InChI is InChI=1S/C16H32N2/c1-12(2)16-11-18(4)10-15(16)8-13(3)7-14-5-6-17-9-14/h12-17H,5-11H2,1-4H3. The molecule has 2 nitrogen and oxygen atoms in total. The van der Waals surface area contributed by atoms with Crippen LogP contribution in [-0.2, 0) is 0 Å². The fourth-order valence-electron chi connectivity index (χ4n) is 4.22. The van der Waals surface area contributed by atoms with Crippen LogP contribution in [0.1, 0.15) is 40.0 Å². The number of likely N-dealkylation sites (tertiary alicyclic amines) is 1. The zero-order valence-corrected chi connectivity index (χ0v) is 12.8. The maximum atomic E-state index is 3.50. The molecule has 0 aromatic carbocycles. The van der Waals surface area contributed by atoms with E-state index in [0.717, 1.165) is 29.6 Å². The second-order valence-corrected chi connectivity index (χ2v) is 7.32. The molecule has 2 rings (SSSR count). The SMILES string of the molecule is CC(CC1CCNC1)CC1CN(C)CC1C(C)C. The van der Waals surface area contributed by atoms with Crippen molar-refractivity contribution in [3.63, 3.8) is 0 Å². The van der Waals surface area contributed by atoms with Gasteiger partial charge in [0.25, 0.3) is 0 Å². The monoisotopic (exact) mass is 252 g/mol. The van der Waals surface area contributed by atoms with Gasteiger partial charge in [0, 0.05) is 13.1 Å². The van der Waals surface area contributed by atoms with Crippen molar-refractivity contribution in [2.75, 3.05) is 33.2 Å². The maximum Gasteiger partial charge on any atom is 0.00123 e. The third kappa shape index (κ3) is 3.71. The molecule has 1 N–H and O–H groups in total. The van der Waals surface area contributed by atoms with Crippen molar-refractivity contribution in [2.45, 2.75) is 40.0 Å². The quantitative estimate of drug-likeness (QED) is 0.809. The van der Waals surface area contributed by atoms with Crippen molar-refractivity contribution in [2.24, 2.45) is 29.6 Å². The number of nitrogens with one attached hydrogen (secondary N) is 1. The Morgan fingerprint density at radius 1 is 1.17 bits per heavy atom. The van der Waals surface area contributed by atoms with E-state index in [0.29, 0.717) is 0 Å². The minimum absolute atomic E-state index is 0.847. The highest BCUT2D eigenvalue weighted by atomic mass is 15.1. The van der Waals surface area contributed by atoms with Gasteiger partial charge in [-0.05, 0) is 69.0 Å². The molecule has 0 radical (unpaired) electrons. The lowest BCUT2D eigenvalue weighted by Gasteiger charge is -2.25. The number of nitrogens with zero attached hydrogens (tertiary/aromatic N) is 1. The molecule has 2 heterocycles. The van der Waals surface area contributed by atoms with Crippen molar-refractivity contribution in [3.8, 4) is 0 Å². The van der Waals surface area contributed by atoms with Crippen LogP contribution in [0.3, 0.4) is 0 Å². The summed E-state index contributed by atoms with van der Waals surface area (Å²) in [7, 11) is 2.29. The zero-order chi connectivity index (χ0) is 13.1. The van der Waals surface area contributed by atoms with Crippen LogP contribution in [0.4, 0.5) is 0 Å². The van der Waals surface area contributed by atoms with E-state index < -0.39 is 0 Å². The molecule has 0 spiro atoms. The molecule has 0 aromatic rings. The smallest absolute Gasteiger partial charge is 0.00123 e. The van der Waals surface area contributed by atoms with E-state index in [2.05, 4.69) is 38.0 Å². The minimum atomic E-state index is 0.847. The molecule has 2 aliphatic rings. The lowest BCUT2D eigenvalue weighted by molar-refractivity contribution is 0.255. The number of hydrogen-bond acceptors (Lipinski definition) is 2. The van der Waals surface area contributed by atoms with Gasteiger partial charge in [0.2, 0.25) is 0 Å². The van der Waals surface area contributed by atoms with Crippen molar-refractivity contribution in [3.05, 3.63) is 0 Å². The molecule has 0 amide bonds. The van der Waals surface area contributed by atoms with Crippen molar-refractivity contribution >= 4 is 0 Å². The van der Waals surface area contributed by atoms with E-state index in [-0.39, 0.29) is 0 Å². The first-order chi connectivity index (χ1) is 8.56. The summed E-state index contributed by atoms with van der Waals surface area (Å²) < 4.78 is 0. The third-order valence-corrected chi connectivity index (χ3v) is 5.13. The molecule has 0 aliphatic carbocycles. The molecule has 0 aromatic heterocycles. The Hall–Kier alpha value is -0.0800. The van der Waals surface area contributed by atoms with Crippen LogP contribution < -0.4 is 5.32 Å². The highest BCUT2D eigenvalue weighted by Crippen LogP contribution is 2.35. The van der Waals surface area contributed by atoms with Crippen LogP contribution in [0.5, 0.6) is 0 Å². The molecule has 106 valence electrons. The minimum Gasteiger partial charge on any atom is -0.316 e. The molecule has 2 heteroatoms. The lowest BCUT2D eigenvalue weighted by atomic mass is 9.79. The predicted molar refractivity (Wildman–Crippen MR) is 78.7 cm³/mol. The largest absolute Gasteiger partial charge is 0.316 e. The molecular formula is C16H32N2. The van der Waals surface area contributed by atoms with Gasteiger partial charge in [0.15, 0.2) is 0 Å². The Bertz CT molecular complexity index is 245. The molecule has 4 atom stereocenters. The summed E-state index contributed by atoms with van der Waals surface area (Å²) in [5, 5.41) is 3.50. The Kier molecular flexibility index (Phi) is 5.08. The Labute approximate surface area is 114 Å². The highest BCUT2D eigenvalue weighted by molar-refractivity contribution is 4.86. The average molecular weight is 252 g/mol. The van der Waals surface area contributed by atoms with E-state index in [1.165, 1.54) is 45.4 Å². The van der Waals surface area contributed by atoms with Gasteiger partial charge in [-0.3, -0.25) is 0 Å². The number of rotatable bonds is 5. The topological polar surface area (TPSA) is 15.3 Å². The van der Waals surface area contributed by atoms with Gasteiger partial charge in [0.1, 0.15) is 0 Å². The summed E-state index contributed by atoms with van der Waals surface area (Å²) in [5.74, 6) is 4.59. The van der Waals surface area contributed by atoms with Crippen LogP contribution in [0.15, 0.2) is 0 Å². The van der Waals surface area contributed by atoms with E-state index >= 15 is 0 Å². The Balaban J connectivity index is 1.79. The molecule has 4 unspecified atom stereocenters. The van der Waals surface area contributed by atoms with Crippen LogP contribution >= 0.6 is 0 Å². The summed E-state index contributed by atoms with van der Waals surface area (Å²) >= 11 is 0. The third-order valence-electron chi connectivity index (χ3n) is 5.13. The summed E-state index contributed by atoms with van der Waals surface area (Å²) in [5.41, 5.74) is 0. The second-order valence-electron chi connectivity index (χ2n) is 7.32. The molecule has 18 heavy (non-hydrogen) atoms. The maximum absolute atomic E-state index is 3.50. The van der Waals surface area contributed by atoms with Crippen LogP contribution in [-0.4, -0.2) is 38.1 Å². The normalized spacial score (nSPS) is 35.5. The zero-order valence-electron chi connectivity index (χ0n) is 12.8. The van der Waals surface area contributed by atoms with E-state index in [4.69, 9.17) is 0 Å². The highest BCUT2D eigenvalue weighted by Gasteiger charge is 2.33. The summed E-state index contributed by atoms with van der Waals surface area (Å²) in [6.45, 7) is 12.5. The number of hydrogen-bond donors (Lipinski definition) is 1. The van der Waals surface area contributed by atoms with Crippen LogP contribution in [0, 0.1) is 29.6 Å². The van der Waals surface area contributed by atoms with E-state index in [1.54, 1.807) is 0 Å². The summed E-state index contributed by atoms with van der Waals surface area (Å²) in [6.07, 6.45) is 4.30. The molecule has 2 aliphatic heterocycles. The fourth-order valence-corrected chi connectivity index (χ4v) is 4.22. The first-order valence-electron chi connectivity index (χ1n) is 7.95. The Morgan fingerprint density at radius 2 is 1.94 bits per heavy atom.